The fourth-order valence-electron chi connectivity index (χ4n) is 1.90. The molecule has 0 radical (unpaired) electrons. The lowest BCUT2D eigenvalue weighted by Crippen LogP contribution is -2.16. The molecule has 6 nitrogen and oxygen atoms in total. The number of carbonyl (C=O) groups excluding carboxylic acids is 2. The second-order valence-electron chi connectivity index (χ2n) is 5.04. The molecule has 0 unspecified atom stereocenters. The molecule has 0 aliphatic heterocycles. The number of nitrogens with one attached hydrogen (secondary N) is 2. The largest absolute Gasteiger partial charge is 0.320 e. The number of nitrogens with zero attached hydrogens (tertiary/aromatic N) is 2. The standard InChI is InChI=1S/C15H13FN4O2/c16-11-6-12(8-17-7-11)19-15(22)10-3-4-18-13(5-10)20-14(21)9-1-2-9/h3-9H,1-2H2,(H,19,22)(H,18,20,21). The molecular formula is C15H13FN4O2. The summed E-state index contributed by atoms with van der Waals surface area (Å²) in [4.78, 5) is 31.5. The van der Waals surface area contributed by atoms with E-state index in [1.807, 2.05) is 0 Å². The highest BCUT2D eigenvalue weighted by Crippen LogP contribution is 2.29. The molecule has 0 atom stereocenters. The highest BCUT2D eigenvalue weighted by atomic mass is 19.1. The molecule has 22 heavy (non-hydrogen) atoms. The van der Waals surface area contributed by atoms with Crippen LogP contribution in [0, 0.1) is 11.7 Å². The van der Waals surface area contributed by atoms with Crippen molar-refractivity contribution in [3.63, 3.8) is 0 Å². The fraction of sp³-hybridized carbons (Fsp3) is 0.200. The number of aromatic nitrogens is 2. The molecule has 1 aliphatic carbocycles. The summed E-state index contributed by atoms with van der Waals surface area (Å²) >= 11 is 0. The predicted octanol–water partition coefficient (Wildman–Crippen LogP) is 2.22. The van der Waals surface area contributed by atoms with Crippen molar-refractivity contribution in [1.29, 1.82) is 0 Å². The van der Waals surface area contributed by atoms with Crippen molar-refractivity contribution in [2.45, 2.75) is 12.8 Å². The molecular weight excluding hydrogens is 287 g/mol. The van der Waals surface area contributed by atoms with E-state index in [0.717, 1.165) is 19.0 Å². The third-order valence-corrected chi connectivity index (χ3v) is 3.18. The van der Waals surface area contributed by atoms with Gasteiger partial charge in [-0.25, -0.2) is 9.37 Å². The summed E-state index contributed by atoms with van der Waals surface area (Å²) in [5.41, 5.74) is 0.565. The van der Waals surface area contributed by atoms with Crippen molar-refractivity contribution in [3.8, 4) is 0 Å². The maximum Gasteiger partial charge on any atom is 0.255 e. The van der Waals surface area contributed by atoms with Crippen LogP contribution in [0.25, 0.3) is 0 Å². The lowest BCUT2D eigenvalue weighted by molar-refractivity contribution is -0.117. The van der Waals surface area contributed by atoms with Crippen molar-refractivity contribution in [2.75, 3.05) is 10.6 Å². The minimum atomic E-state index is -0.537. The minimum Gasteiger partial charge on any atom is -0.320 e. The van der Waals surface area contributed by atoms with Gasteiger partial charge < -0.3 is 10.6 Å². The number of hydrogen-bond acceptors (Lipinski definition) is 4. The van der Waals surface area contributed by atoms with Crippen LogP contribution in [-0.2, 0) is 4.79 Å². The number of amides is 2. The molecule has 2 aromatic heterocycles. The average Bonchev–Trinajstić information content (AvgIpc) is 3.32. The normalized spacial score (nSPS) is 13.5. The van der Waals surface area contributed by atoms with Crippen LogP contribution in [0.2, 0.25) is 0 Å². The first-order valence-electron chi connectivity index (χ1n) is 6.80. The summed E-state index contributed by atoms with van der Waals surface area (Å²) in [6, 6.07) is 4.15. The number of hydrogen-bond donors (Lipinski definition) is 2. The van der Waals surface area contributed by atoms with Gasteiger partial charge in [0.2, 0.25) is 5.91 Å². The lowest BCUT2D eigenvalue weighted by Gasteiger charge is -2.07. The zero-order chi connectivity index (χ0) is 15.5. The Morgan fingerprint density at radius 3 is 2.73 bits per heavy atom. The zero-order valence-corrected chi connectivity index (χ0v) is 11.5. The van der Waals surface area contributed by atoms with Crippen LogP contribution in [0.3, 0.4) is 0 Å². The van der Waals surface area contributed by atoms with Crippen LogP contribution in [0.5, 0.6) is 0 Å². The molecule has 1 fully saturated rings. The Balaban J connectivity index is 1.70. The van der Waals surface area contributed by atoms with Crippen molar-refractivity contribution in [2.24, 2.45) is 5.92 Å². The second kappa shape index (κ2) is 5.88. The topological polar surface area (TPSA) is 84.0 Å². The number of halogens is 1. The minimum absolute atomic E-state index is 0.0534. The Bertz CT molecular complexity index is 731. The monoisotopic (exact) mass is 300 g/mol. The van der Waals surface area contributed by atoms with E-state index in [-0.39, 0.29) is 17.5 Å². The first kappa shape index (κ1) is 14.1. The van der Waals surface area contributed by atoms with E-state index in [0.29, 0.717) is 11.4 Å². The lowest BCUT2D eigenvalue weighted by atomic mass is 10.2. The van der Waals surface area contributed by atoms with E-state index in [1.54, 1.807) is 0 Å². The second-order valence-corrected chi connectivity index (χ2v) is 5.04. The SMILES string of the molecule is O=C(Nc1cncc(F)c1)c1ccnc(NC(=O)C2CC2)c1. The van der Waals surface area contributed by atoms with Gasteiger partial charge in [0.05, 0.1) is 18.1 Å². The van der Waals surface area contributed by atoms with E-state index in [1.165, 1.54) is 30.6 Å². The molecule has 0 aromatic carbocycles. The Hall–Kier alpha value is -2.83. The van der Waals surface area contributed by atoms with Crippen molar-refractivity contribution in [1.82, 2.24) is 9.97 Å². The van der Waals surface area contributed by atoms with Crippen LogP contribution in [0.4, 0.5) is 15.9 Å². The third-order valence-electron chi connectivity index (χ3n) is 3.18. The average molecular weight is 300 g/mol. The molecule has 7 heteroatoms. The smallest absolute Gasteiger partial charge is 0.255 e. The van der Waals surface area contributed by atoms with E-state index in [4.69, 9.17) is 0 Å². The molecule has 0 bridgehead atoms. The summed E-state index contributed by atoms with van der Waals surface area (Å²) in [5, 5.41) is 5.20. The van der Waals surface area contributed by atoms with Crippen LogP contribution >= 0.6 is 0 Å². The van der Waals surface area contributed by atoms with Crippen molar-refractivity contribution >= 4 is 23.3 Å². The van der Waals surface area contributed by atoms with Gasteiger partial charge in [0.25, 0.3) is 5.91 Å². The Morgan fingerprint density at radius 1 is 1.18 bits per heavy atom. The zero-order valence-electron chi connectivity index (χ0n) is 11.5. The highest BCUT2D eigenvalue weighted by Gasteiger charge is 2.29. The van der Waals surface area contributed by atoms with Gasteiger partial charge >= 0.3 is 0 Å². The Kier molecular flexibility index (Phi) is 3.78. The first-order valence-corrected chi connectivity index (χ1v) is 6.80. The molecule has 112 valence electrons. The maximum atomic E-state index is 13.0. The fourth-order valence-corrected chi connectivity index (χ4v) is 1.90. The summed E-state index contributed by atoms with van der Waals surface area (Å²) < 4.78 is 13.0. The number of rotatable bonds is 4. The van der Waals surface area contributed by atoms with E-state index < -0.39 is 11.7 Å². The predicted molar refractivity (Wildman–Crippen MR) is 77.7 cm³/mol. The number of carbonyl (C=O) groups is 2. The summed E-state index contributed by atoms with van der Waals surface area (Å²) in [6.45, 7) is 0. The summed E-state index contributed by atoms with van der Waals surface area (Å²) in [6.07, 6.45) is 5.60. The highest BCUT2D eigenvalue weighted by molar-refractivity contribution is 6.05. The molecule has 0 saturated heterocycles. The molecule has 0 spiro atoms. The molecule has 2 heterocycles. The van der Waals surface area contributed by atoms with Gasteiger partial charge in [-0.3, -0.25) is 14.6 Å². The maximum absolute atomic E-state index is 13.0. The van der Waals surface area contributed by atoms with E-state index in [2.05, 4.69) is 20.6 Å². The van der Waals surface area contributed by atoms with Gasteiger partial charge in [-0.05, 0) is 25.0 Å². The molecule has 2 amide bonds. The van der Waals surface area contributed by atoms with Gasteiger partial charge in [0, 0.05) is 23.7 Å². The molecule has 1 saturated carbocycles. The van der Waals surface area contributed by atoms with Gasteiger partial charge in [-0.15, -0.1) is 0 Å². The van der Waals surface area contributed by atoms with Gasteiger partial charge in [0.1, 0.15) is 11.6 Å². The summed E-state index contributed by atoms with van der Waals surface area (Å²) in [5.74, 6) is -0.680. The Labute approximate surface area is 125 Å². The van der Waals surface area contributed by atoms with E-state index in [9.17, 15) is 14.0 Å². The molecule has 1 aliphatic rings. The number of pyridine rings is 2. The van der Waals surface area contributed by atoms with E-state index >= 15 is 0 Å². The third kappa shape index (κ3) is 3.43. The van der Waals surface area contributed by atoms with Gasteiger partial charge in [-0.2, -0.15) is 0 Å². The van der Waals surface area contributed by atoms with Crippen LogP contribution in [0.15, 0.2) is 36.8 Å². The molecule has 3 rings (SSSR count). The molecule has 2 aromatic rings. The van der Waals surface area contributed by atoms with Gasteiger partial charge in [0.15, 0.2) is 0 Å². The first-order chi connectivity index (χ1) is 10.6. The quantitative estimate of drug-likeness (QED) is 0.906. The van der Waals surface area contributed by atoms with Crippen LogP contribution in [-0.4, -0.2) is 21.8 Å². The number of anilines is 2. The molecule has 2 N–H and O–H groups in total. The van der Waals surface area contributed by atoms with Crippen LogP contribution in [0.1, 0.15) is 23.2 Å². The van der Waals surface area contributed by atoms with Crippen LogP contribution < -0.4 is 10.6 Å². The van der Waals surface area contributed by atoms with Gasteiger partial charge in [-0.1, -0.05) is 0 Å². The van der Waals surface area contributed by atoms with Crippen molar-refractivity contribution in [3.05, 3.63) is 48.2 Å². The summed E-state index contributed by atoms with van der Waals surface area (Å²) in [7, 11) is 0. The Morgan fingerprint density at radius 2 is 2.00 bits per heavy atom. The van der Waals surface area contributed by atoms with Crippen molar-refractivity contribution < 1.29 is 14.0 Å².